The normalized spacial score (nSPS) is 42.3. The lowest BCUT2D eigenvalue weighted by atomic mass is 9.32. The summed E-state index contributed by atoms with van der Waals surface area (Å²) in [5, 5.41) is 9.30. The molecule has 0 amide bonds. The maximum absolute atomic E-state index is 13.1. The van der Waals surface area contributed by atoms with E-state index in [0.29, 0.717) is 22.2 Å². The fourth-order valence-corrected chi connectivity index (χ4v) is 13.6. The van der Waals surface area contributed by atoms with Gasteiger partial charge in [-0.3, -0.25) is 9.59 Å². The Labute approximate surface area is 276 Å². The van der Waals surface area contributed by atoms with Gasteiger partial charge in [-0.1, -0.05) is 68.7 Å². The van der Waals surface area contributed by atoms with Crippen LogP contribution in [0.25, 0.3) is 0 Å². The van der Waals surface area contributed by atoms with Crippen molar-refractivity contribution in [3.8, 4) is 0 Å². The lowest BCUT2D eigenvalue weighted by Crippen LogP contribution is -2.66. The lowest BCUT2D eigenvalue weighted by molar-refractivity contribution is -0.249. The van der Waals surface area contributed by atoms with Crippen LogP contribution in [0.3, 0.4) is 0 Å². The van der Waals surface area contributed by atoms with E-state index in [1.54, 1.807) is 0 Å². The average Bonchev–Trinajstić information content (AvgIpc) is 3.36. The van der Waals surface area contributed by atoms with Gasteiger partial charge in [-0.2, -0.15) is 0 Å². The molecule has 1 N–H and O–H groups in total. The van der Waals surface area contributed by atoms with Crippen LogP contribution in [0.4, 0.5) is 0 Å². The smallest absolute Gasteiger partial charge is 0.306 e. The number of carboxylic acids is 1. The van der Waals surface area contributed by atoms with E-state index in [-0.39, 0.29) is 35.7 Å². The van der Waals surface area contributed by atoms with Gasteiger partial charge in [0, 0.05) is 5.41 Å². The number of hydrogen-bond acceptors (Lipinski definition) is 4. The van der Waals surface area contributed by atoms with Crippen molar-refractivity contribution in [1.29, 1.82) is 0 Å². The number of hydrogen-bond donors (Lipinski definition) is 1. The van der Waals surface area contributed by atoms with Gasteiger partial charge in [0.1, 0.15) is 6.10 Å². The maximum Gasteiger partial charge on any atom is 0.306 e. The van der Waals surface area contributed by atoms with Crippen LogP contribution in [0.1, 0.15) is 159 Å². The molecule has 0 radical (unpaired) electrons. The standard InChI is InChI=1S/C40H69NO4/c1-10-41(11-2)25-13-20-40-19-12-14-29(40)28-15-16-31-37(7)21-18-32(45-34(44)27-35(3,4)26-33(42)43)36(5,6)30(37)17-22-39(31,9)38(28,8)23-24-40/h28-32H,10-27H2,1-9H3,(H,42,43)/t28-,29-,30?,31?,32+,37+,38-,39-,40+/m1/s1. The number of rotatable bonds is 11. The number of esters is 1. The molecule has 45 heavy (non-hydrogen) atoms. The van der Waals surface area contributed by atoms with E-state index in [0.717, 1.165) is 30.6 Å². The van der Waals surface area contributed by atoms with Crippen LogP contribution in [0.15, 0.2) is 0 Å². The van der Waals surface area contributed by atoms with Crippen LogP contribution in [-0.4, -0.2) is 47.7 Å². The molecule has 5 aliphatic rings. The predicted octanol–water partition coefficient (Wildman–Crippen LogP) is 9.77. The summed E-state index contributed by atoms with van der Waals surface area (Å²) in [5.41, 5.74) is 0.979. The molecule has 9 atom stereocenters. The topological polar surface area (TPSA) is 66.8 Å². The second kappa shape index (κ2) is 12.4. The van der Waals surface area contributed by atoms with Gasteiger partial charge in [-0.25, -0.2) is 0 Å². The quantitative estimate of drug-likeness (QED) is 0.231. The zero-order valence-corrected chi connectivity index (χ0v) is 30.7. The van der Waals surface area contributed by atoms with Crippen molar-refractivity contribution < 1.29 is 19.4 Å². The molecule has 5 heteroatoms. The van der Waals surface area contributed by atoms with Crippen LogP contribution < -0.4 is 0 Å². The molecule has 5 fully saturated rings. The second-order valence-electron chi connectivity index (χ2n) is 18.9. The van der Waals surface area contributed by atoms with E-state index in [4.69, 9.17) is 4.74 Å². The van der Waals surface area contributed by atoms with Gasteiger partial charge in [0.05, 0.1) is 12.8 Å². The number of nitrogens with zero attached hydrogens (tertiary/aromatic N) is 1. The molecule has 0 bridgehead atoms. The van der Waals surface area contributed by atoms with Gasteiger partial charge in [0.25, 0.3) is 0 Å². The largest absolute Gasteiger partial charge is 0.481 e. The van der Waals surface area contributed by atoms with E-state index in [2.05, 4.69) is 53.4 Å². The van der Waals surface area contributed by atoms with E-state index in [1.165, 1.54) is 90.3 Å². The van der Waals surface area contributed by atoms with Crippen molar-refractivity contribution in [1.82, 2.24) is 4.90 Å². The zero-order chi connectivity index (χ0) is 33.1. The molecular weight excluding hydrogens is 558 g/mol. The lowest BCUT2D eigenvalue weighted by Gasteiger charge is -2.72. The average molecular weight is 628 g/mol. The molecule has 5 saturated carbocycles. The van der Waals surface area contributed by atoms with Crippen LogP contribution in [-0.2, 0) is 14.3 Å². The first kappa shape index (κ1) is 35.2. The summed E-state index contributed by atoms with van der Waals surface area (Å²) in [6, 6.07) is 0. The molecule has 0 spiro atoms. The minimum atomic E-state index is -0.859. The Kier molecular flexibility index (Phi) is 9.71. The Bertz CT molecular complexity index is 1100. The van der Waals surface area contributed by atoms with Crippen molar-refractivity contribution in [3.05, 3.63) is 0 Å². The third-order valence-electron chi connectivity index (χ3n) is 16.1. The van der Waals surface area contributed by atoms with Crippen molar-refractivity contribution in [2.24, 2.45) is 56.2 Å². The summed E-state index contributed by atoms with van der Waals surface area (Å²) in [5.74, 6) is 1.98. The van der Waals surface area contributed by atoms with Crippen LogP contribution in [0.5, 0.6) is 0 Å². The van der Waals surface area contributed by atoms with Gasteiger partial charge >= 0.3 is 11.9 Å². The highest BCUT2D eigenvalue weighted by molar-refractivity contribution is 5.73. The van der Waals surface area contributed by atoms with Crippen molar-refractivity contribution >= 4 is 11.9 Å². The molecule has 0 saturated heterocycles. The van der Waals surface area contributed by atoms with Crippen LogP contribution in [0.2, 0.25) is 0 Å². The van der Waals surface area contributed by atoms with Crippen molar-refractivity contribution in [2.45, 2.75) is 165 Å². The fourth-order valence-electron chi connectivity index (χ4n) is 13.6. The number of carboxylic acid groups (broad SMARTS) is 1. The summed E-state index contributed by atoms with van der Waals surface area (Å²) in [6.07, 6.45) is 17.5. The minimum Gasteiger partial charge on any atom is -0.481 e. The predicted molar refractivity (Wildman–Crippen MR) is 183 cm³/mol. The summed E-state index contributed by atoms with van der Waals surface area (Å²) < 4.78 is 6.27. The second-order valence-corrected chi connectivity index (χ2v) is 18.9. The highest BCUT2D eigenvalue weighted by atomic mass is 16.5. The van der Waals surface area contributed by atoms with E-state index < -0.39 is 11.4 Å². The van der Waals surface area contributed by atoms with E-state index >= 15 is 0 Å². The number of carbonyl (C=O) groups excluding carboxylic acids is 1. The van der Waals surface area contributed by atoms with Gasteiger partial charge in [-0.05, 0) is 147 Å². The summed E-state index contributed by atoms with van der Waals surface area (Å²) in [7, 11) is 0. The highest BCUT2D eigenvalue weighted by Crippen LogP contribution is 2.77. The Morgan fingerprint density at radius 2 is 1.51 bits per heavy atom. The SMILES string of the molecule is CCN(CC)CCC[C@]12CCC[C@@H]1[C@H]1CCC3[C@@]4(C)CC[C@H](OC(=O)CC(C)(C)CC(=O)O)C(C)(C)C4CC[C@@]3(C)[C@]1(C)CC2. The summed E-state index contributed by atoms with van der Waals surface area (Å²) >= 11 is 0. The van der Waals surface area contributed by atoms with Crippen molar-refractivity contribution in [3.63, 3.8) is 0 Å². The first-order chi connectivity index (χ1) is 21.0. The van der Waals surface area contributed by atoms with Crippen LogP contribution >= 0.6 is 0 Å². The number of carbonyl (C=O) groups is 2. The Hall–Kier alpha value is -1.10. The fraction of sp³-hybridized carbons (Fsp3) is 0.950. The number of fused-ring (bicyclic) bond motifs is 7. The Balaban J connectivity index is 1.31. The maximum atomic E-state index is 13.1. The van der Waals surface area contributed by atoms with Gasteiger partial charge in [0.2, 0.25) is 0 Å². The number of ether oxygens (including phenoxy) is 1. The van der Waals surface area contributed by atoms with Gasteiger partial charge < -0.3 is 14.7 Å². The summed E-state index contributed by atoms with van der Waals surface area (Å²) in [6.45, 7) is 24.8. The van der Waals surface area contributed by atoms with E-state index in [1.807, 2.05) is 13.8 Å². The molecule has 0 aromatic rings. The molecule has 5 aliphatic carbocycles. The first-order valence-corrected chi connectivity index (χ1v) is 19.1. The Morgan fingerprint density at radius 3 is 2.18 bits per heavy atom. The highest BCUT2D eigenvalue weighted by Gasteiger charge is 2.70. The molecule has 0 aromatic heterocycles. The Morgan fingerprint density at radius 1 is 0.800 bits per heavy atom. The van der Waals surface area contributed by atoms with Gasteiger partial charge in [0.15, 0.2) is 0 Å². The molecule has 5 nitrogen and oxygen atoms in total. The third-order valence-corrected chi connectivity index (χ3v) is 16.1. The first-order valence-electron chi connectivity index (χ1n) is 19.1. The van der Waals surface area contributed by atoms with Crippen LogP contribution in [0, 0.1) is 56.2 Å². The zero-order valence-electron chi connectivity index (χ0n) is 30.7. The molecule has 5 rings (SSSR count). The molecular formula is C40H69NO4. The van der Waals surface area contributed by atoms with E-state index in [9.17, 15) is 14.7 Å². The molecule has 0 aromatic carbocycles. The van der Waals surface area contributed by atoms with Crippen molar-refractivity contribution in [2.75, 3.05) is 19.6 Å². The molecule has 2 unspecified atom stereocenters. The summed E-state index contributed by atoms with van der Waals surface area (Å²) in [4.78, 5) is 27.1. The molecule has 0 aliphatic heterocycles. The molecule has 0 heterocycles. The third kappa shape index (κ3) is 5.94. The number of aliphatic carboxylic acids is 1. The van der Waals surface area contributed by atoms with Gasteiger partial charge in [-0.15, -0.1) is 0 Å². The monoisotopic (exact) mass is 628 g/mol. The minimum absolute atomic E-state index is 0.0187. The molecule has 258 valence electrons.